The van der Waals surface area contributed by atoms with E-state index in [4.69, 9.17) is 9.47 Å². The Morgan fingerprint density at radius 2 is 1.97 bits per heavy atom. The first-order chi connectivity index (χ1) is 14.6. The minimum absolute atomic E-state index is 0.0926. The number of carbonyl (C=O) groups excluding carboxylic acids is 1. The number of ether oxygens (including phenoxy) is 2. The van der Waals surface area contributed by atoms with Gasteiger partial charge < -0.3 is 9.47 Å². The Kier molecular flexibility index (Phi) is 9.42. The average Bonchev–Trinajstić information content (AvgIpc) is 2.71. The number of unbranched alkanes of at least 4 members (excludes halogenated alkanes) is 1. The van der Waals surface area contributed by atoms with E-state index in [1.807, 2.05) is 0 Å². The zero-order valence-corrected chi connectivity index (χ0v) is 21.7. The van der Waals surface area contributed by atoms with Gasteiger partial charge in [-0.3, -0.25) is 4.79 Å². The molecule has 0 amide bonds. The molecule has 4 heteroatoms. The normalized spacial score (nSPS) is 19.0. The van der Waals surface area contributed by atoms with Crippen molar-refractivity contribution in [1.82, 2.24) is 0 Å². The second-order valence-electron chi connectivity index (χ2n) is 9.56. The van der Waals surface area contributed by atoms with E-state index in [1.165, 1.54) is 47.6 Å². The van der Waals surface area contributed by atoms with Crippen LogP contribution >= 0.6 is 15.9 Å². The maximum atomic E-state index is 11.3. The van der Waals surface area contributed by atoms with Gasteiger partial charge in [-0.05, 0) is 73.6 Å². The molecule has 2 rings (SSSR count). The summed E-state index contributed by atoms with van der Waals surface area (Å²) >= 11 is 3.54. The van der Waals surface area contributed by atoms with Crippen LogP contribution in [0.1, 0.15) is 82.4 Å². The first-order valence-electron chi connectivity index (χ1n) is 11.3. The van der Waals surface area contributed by atoms with Crippen molar-refractivity contribution in [2.24, 2.45) is 5.92 Å². The van der Waals surface area contributed by atoms with Gasteiger partial charge in [0.05, 0.1) is 7.11 Å². The highest BCUT2D eigenvalue weighted by atomic mass is 79.9. The zero-order valence-electron chi connectivity index (χ0n) is 20.1. The zero-order chi connectivity index (χ0) is 23.2. The highest BCUT2D eigenvalue weighted by Crippen LogP contribution is 2.46. The Balaban J connectivity index is 2.47. The number of carbonyl (C=O) groups is 1. The van der Waals surface area contributed by atoms with E-state index in [9.17, 15) is 4.79 Å². The molecule has 0 saturated carbocycles. The molecule has 172 valence electrons. The number of hydrogen-bond acceptors (Lipinski definition) is 3. The van der Waals surface area contributed by atoms with Crippen LogP contribution in [-0.2, 0) is 14.9 Å². The van der Waals surface area contributed by atoms with Gasteiger partial charge in [0.15, 0.2) is 0 Å². The van der Waals surface area contributed by atoms with E-state index in [0.717, 1.165) is 30.3 Å². The first kappa shape index (κ1) is 25.7. The topological polar surface area (TPSA) is 35.5 Å². The highest BCUT2D eigenvalue weighted by Gasteiger charge is 2.31. The van der Waals surface area contributed by atoms with Crippen LogP contribution < -0.4 is 4.74 Å². The van der Waals surface area contributed by atoms with Crippen LogP contribution in [0.15, 0.2) is 35.9 Å². The van der Waals surface area contributed by atoms with Gasteiger partial charge in [0.2, 0.25) is 0 Å². The van der Waals surface area contributed by atoms with Gasteiger partial charge in [-0.1, -0.05) is 60.5 Å². The SMILES string of the molecule is C=C(C)[C@H]1CCC(COC(C)=O)=C[C@@H]1c1c(C)cc(C(C)(C)CCCCBr)cc1OC. The maximum Gasteiger partial charge on any atom is 0.302 e. The fourth-order valence-corrected chi connectivity index (χ4v) is 5.08. The van der Waals surface area contributed by atoms with Crippen LogP contribution in [0.4, 0.5) is 0 Å². The fraction of sp³-hybridized carbons (Fsp3) is 0.593. The molecule has 1 aliphatic carbocycles. The molecule has 0 bridgehead atoms. The Morgan fingerprint density at radius 1 is 1.26 bits per heavy atom. The first-order valence-corrected chi connectivity index (χ1v) is 12.5. The van der Waals surface area contributed by atoms with Gasteiger partial charge in [0, 0.05) is 23.7 Å². The van der Waals surface area contributed by atoms with Crippen LogP contribution in [0.2, 0.25) is 0 Å². The summed E-state index contributed by atoms with van der Waals surface area (Å²) < 4.78 is 11.2. The summed E-state index contributed by atoms with van der Waals surface area (Å²) in [4.78, 5) is 11.3. The van der Waals surface area contributed by atoms with Gasteiger partial charge in [-0.15, -0.1) is 0 Å². The monoisotopic (exact) mass is 490 g/mol. The Hall–Kier alpha value is -1.55. The summed E-state index contributed by atoms with van der Waals surface area (Å²) in [5, 5.41) is 1.05. The molecule has 31 heavy (non-hydrogen) atoms. The summed E-state index contributed by atoms with van der Waals surface area (Å²) in [6.45, 7) is 15.1. The molecule has 0 N–H and O–H groups in total. The lowest BCUT2D eigenvalue weighted by Crippen LogP contribution is -2.22. The van der Waals surface area contributed by atoms with E-state index in [0.29, 0.717) is 12.5 Å². The number of halogens is 1. The van der Waals surface area contributed by atoms with Crippen molar-refractivity contribution in [2.75, 3.05) is 19.0 Å². The second-order valence-corrected chi connectivity index (χ2v) is 10.4. The number of hydrogen-bond donors (Lipinski definition) is 0. The van der Waals surface area contributed by atoms with Gasteiger partial charge in [0.1, 0.15) is 12.4 Å². The summed E-state index contributed by atoms with van der Waals surface area (Å²) in [6, 6.07) is 4.58. The van der Waals surface area contributed by atoms with Gasteiger partial charge >= 0.3 is 5.97 Å². The molecular weight excluding hydrogens is 452 g/mol. The molecule has 0 radical (unpaired) electrons. The molecule has 1 aromatic carbocycles. The number of aryl methyl sites for hydroxylation is 1. The van der Waals surface area contributed by atoms with Crippen molar-refractivity contribution < 1.29 is 14.3 Å². The lowest BCUT2D eigenvalue weighted by atomic mass is 9.71. The molecule has 0 spiro atoms. The molecule has 0 fully saturated rings. The number of allylic oxidation sites excluding steroid dienone is 2. The van der Waals surface area contributed by atoms with E-state index < -0.39 is 0 Å². The molecule has 2 atom stereocenters. The van der Waals surface area contributed by atoms with Crippen molar-refractivity contribution in [2.45, 2.75) is 78.1 Å². The van der Waals surface area contributed by atoms with E-state index in [2.05, 4.69) is 68.4 Å². The lowest BCUT2D eigenvalue weighted by Gasteiger charge is -2.34. The van der Waals surface area contributed by atoms with Gasteiger partial charge in [-0.25, -0.2) is 0 Å². The maximum absolute atomic E-state index is 11.3. The number of rotatable bonds is 10. The minimum Gasteiger partial charge on any atom is -0.496 e. The molecule has 0 heterocycles. The molecule has 3 nitrogen and oxygen atoms in total. The van der Waals surface area contributed by atoms with Crippen LogP contribution in [0.25, 0.3) is 0 Å². The Bertz CT molecular complexity index is 822. The van der Waals surface area contributed by atoms with Crippen LogP contribution in [-0.4, -0.2) is 25.0 Å². The lowest BCUT2D eigenvalue weighted by molar-refractivity contribution is -0.140. The standard InChI is InChI=1S/C27H39BrO3/c1-18(2)23-11-10-21(17-31-20(4)29)15-24(23)26-19(3)14-22(16-25(26)30-7)27(5,6)12-8-9-13-28/h14-16,23-24H,1,8-13,17H2,2-7H3/t23-,24+/m1/s1. The third-order valence-corrected chi connectivity index (χ3v) is 7.15. The second kappa shape index (κ2) is 11.4. The Labute approximate surface area is 197 Å². The summed E-state index contributed by atoms with van der Waals surface area (Å²) in [6.07, 6.45) is 7.76. The predicted molar refractivity (Wildman–Crippen MR) is 133 cm³/mol. The number of benzene rings is 1. The predicted octanol–water partition coefficient (Wildman–Crippen LogP) is 7.41. The van der Waals surface area contributed by atoms with Crippen LogP contribution in [0.5, 0.6) is 5.75 Å². The van der Waals surface area contributed by atoms with E-state index in [-0.39, 0.29) is 17.3 Å². The molecule has 0 unspecified atom stereocenters. The van der Waals surface area contributed by atoms with E-state index in [1.54, 1.807) is 7.11 Å². The van der Waals surface area contributed by atoms with Crippen LogP contribution in [0, 0.1) is 12.8 Å². The molecule has 0 aliphatic heterocycles. The van der Waals surface area contributed by atoms with Gasteiger partial charge in [-0.2, -0.15) is 0 Å². The summed E-state index contributed by atoms with van der Waals surface area (Å²) in [7, 11) is 1.77. The minimum atomic E-state index is -0.236. The number of methoxy groups -OCH3 is 1. The number of alkyl halides is 1. The smallest absolute Gasteiger partial charge is 0.302 e. The average molecular weight is 492 g/mol. The molecular formula is C27H39BrO3. The highest BCUT2D eigenvalue weighted by molar-refractivity contribution is 9.09. The third-order valence-electron chi connectivity index (χ3n) is 6.59. The third kappa shape index (κ3) is 6.71. The molecule has 0 saturated heterocycles. The number of esters is 1. The molecule has 1 aromatic rings. The van der Waals surface area contributed by atoms with Crippen molar-refractivity contribution in [3.05, 3.63) is 52.6 Å². The van der Waals surface area contributed by atoms with Crippen molar-refractivity contribution in [3.8, 4) is 5.75 Å². The fourth-order valence-electron chi connectivity index (χ4n) is 4.68. The summed E-state index contributed by atoms with van der Waals surface area (Å²) in [5.74, 6) is 1.24. The molecule has 0 aromatic heterocycles. The molecule has 1 aliphatic rings. The van der Waals surface area contributed by atoms with E-state index >= 15 is 0 Å². The van der Waals surface area contributed by atoms with Crippen molar-refractivity contribution in [1.29, 1.82) is 0 Å². The largest absolute Gasteiger partial charge is 0.496 e. The van der Waals surface area contributed by atoms with Crippen molar-refractivity contribution in [3.63, 3.8) is 0 Å². The van der Waals surface area contributed by atoms with Crippen LogP contribution in [0.3, 0.4) is 0 Å². The Morgan fingerprint density at radius 3 is 2.55 bits per heavy atom. The van der Waals surface area contributed by atoms with Crippen molar-refractivity contribution >= 4 is 21.9 Å². The van der Waals surface area contributed by atoms with Gasteiger partial charge in [0.25, 0.3) is 0 Å². The quantitative estimate of drug-likeness (QED) is 0.148. The summed E-state index contributed by atoms with van der Waals surface area (Å²) in [5.41, 5.74) is 6.27.